The zero-order valence-corrected chi connectivity index (χ0v) is 17.4. The van der Waals surface area contributed by atoms with Crippen molar-refractivity contribution in [3.05, 3.63) is 52.5 Å². The van der Waals surface area contributed by atoms with Gasteiger partial charge in [-0.25, -0.2) is 12.8 Å². The lowest BCUT2D eigenvalue weighted by Gasteiger charge is -2.22. The topological polar surface area (TPSA) is 92.3 Å². The molecule has 2 N–H and O–H groups in total. The van der Waals surface area contributed by atoms with Crippen LogP contribution in [-0.2, 0) is 19.4 Å². The summed E-state index contributed by atoms with van der Waals surface area (Å²) in [4.78, 5) is 24.9. The average molecular weight is 439 g/mol. The molecule has 156 valence electrons. The van der Waals surface area contributed by atoms with Gasteiger partial charge in [-0.1, -0.05) is 25.3 Å². The lowest BCUT2D eigenvalue weighted by atomic mass is 9.95. The van der Waals surface area contributed by atoms with E-state index in [2.05, 4.69) is 10.6 Å². The van der Waals surface area contributed by atoms with Crippen molar-refractivity contribution in [2.75, 3.05) is 6.54 Å². The molecule has 0 saturated heterocycles. The van der Waals surface area contributed by atoms with Crippen LogP contribution in [0.2, 0.25) is 0 Å². The Kier molecular flexibility index (Phi) is 7.02. The number of halogens is 1. The van der Waals surface area contributed by atoms with Crippen LogP contribution in [0.3, 0.4) is 0 Å². The van der Waals surface area contributed by atoms with E-state index in [0.29, 0.717) is 4.88 Å². The first-order chi connectivity index (χ1) is 13.9. The van der Waals surface area contributed by atoms with Crippen molar-refractivity contribution in [2.24, 2.45) is 0 Å². The molecule has 6 nitrogen and oxygen atoms in total. The predicted octanol–water partition coefficient (Wildman–Crippen LogP) is 2.97. The number of amides is 2. The zero-order chi connectivity index (χ0) is 20.9. The highest BCUT2D eigenvalue weighted by atomic mass is 32.2. The van der Waals surface area contributed by atoms with Crippen molar-refractivity contribution in [1.29, 1.82) is 0 Å². The van der Waals surface area contributed by atoms with Gasteiger partial charge in [0.15, 0.2) is 9.84 Å². The molecule has 0 spiro atoms. The number of carbonyl (C=O) groups excluding carboxylic acids is 2. The number of nitrogens with one attached hydrogen (secondary N) is 2. The average Bonchev–Trinajstić information content (AvgIpc) is 3.23. The van der Waals surface area contributed by atoms with Crippen LogP contribution in [0.25, 0.3) is 0 Å². The summed E-state index contributed by atoms with van der Waals surface area (Å²) in [7, 11) is -3.89. The monoisotopic (exact) mass is 438 g/mol. The van der Waals surface area contributed by atoms with Crippen LogP contribution in [-0.4, -0.2) is 32.8 Å². The van der Waals surface area contributed by atoms with Crippen LogP contribution < -0.4 is 10.6 Å². The molecule has 2 aromatic rings. The van der Waals surface area contributed by atoms with E-state index in [0.717, 1.165) is 44.2 Å². The maximum absolute atomic E-state index is 13.2. The Labute approximate surface area is 173 Å². The molecule has 1 aliphatic carbocycles. The molecule has 1 unspecified atom stereocenters. The van der Waals surface area contributed by atoms with Gasteiger partial charge in [-0.15, -0.1) is 11.3 Å². The van der Waals surface area contributed by atoms with Gasteiger partial charge in [0, 0.05) is 17.5 Å². The van der Waals surface area contributed by atoms with Crippen LogP contribution in [0, 0.1) is 5.82 Å². The molecule has 1 heterocycles. The minimum Gasteiger partial charge on any atom is -0.346 e. The summed E-state index contributed by atoms with van der Waals surface area (Å²) >= 11 is 1.24. The van der Waals surface area contributed by atoms with E-state index in [1.54, 1.807) is 17.5 Å². The molecule has 0 bridgehead atoms. The molecule has 9 heteroatoms. The Morgan fingerprint density at radius 1 is 1.07 bits per heavy atom. The summed E-state index contributed by atoms with van der Waals surface area (Å²) < 4.78 is 39.3. The number of rotatable bonds is 6. The van der Waals surface area contributed by atoms with Crippen LogP contribution in [0.15, 0.2) is 46.7 Å². The van der Waals surface area contributed by atoms with Crippen molar-refractivity contribution in [3.63, 3.8) is 0 Å². The van der Waals surface area contributed by atoms with Gasteiger partial charge in [0.25, 0.3) is 0 Å². The van der Waals surface area contributed by atoms with Crippen molar-refractivity contribution in [3.8, 4) is 0 Å². The van der Waals surface area contributed by atoms with Crippen LogP contribution >= 0.6 is 11.3 Å². The number of sulfone groups is 1. The van der Waals surface area contributed by atoms with E-state index in [1.807, 2.05) is 0 Å². The molecular weight excluding hydrogens is 415 g/mol. The van der Waals surface area contributed by atoms with E-state index in [-0.39, 0.29) is 17.5 Å². The second kappa shape index (κ2) is 9.49. The lowest BCUT2D eigenvalue weighted by Crippen LogP contribution is -2.46. The zero-order valence-electron chi connectivity index (χ0n) is 15.8. The number of hydrogen-bond acceptors (Lipinski definition) is 5. The molecule has 1 aromatic carbocycles. The molecule has 1 aliphatic rings. The van der Waals surface area contributed by atoms with E-state index in [1.165, 1.54) is 23.5 Å². The third kappa shape index (κ3) is 5.42. The number of carbonyl (C=O) groups is 2. The fraction of sp³-hybridized carbons (Fsp3) is 0.400. The van der Waals surface area contributed by atoms with Gasteiger partial charge in [-0.3, -0.25) is 9.59 Å². The van der Waals surface area contributed by atoms with Crippen molar-refractivity contribution >= 4 is 33.0 Å². The molecular formula is C20H23FN2O4S2. The first-order valence-electron chi connectivity index (χ1n) is 9.49. The fourth-order valence-corrected chi connectivity index (χ4v) is 6.17. The fourth-order valence-electron chi connectivity index (χ4n) is 3.39. The van der Waals surface area contributed by atoms with Gasteiger partial charge in [-0.05, 0) is 48.6 Å². The largest absolute Gasteiger partial charge is 0.346 e. The van der Waals surface area contributed by atoms with Crippen molar-refractivity contribution in [2.45, 2.75) is 48.3 Å². The molecule has 2 amide bonds. The highest BCUT2D eigenvalue weighted by molar-refractivity contribution is 7.91. The standard InChI is InChI=1S/C20H23FN2O4S2/c21-14-8-10-16(11-9-14)29(26,27)18(17-7-4-12-28-17)13-22-19(24)20(25)23-15-5-2-1-3-6-15/h4,7-12,15,18H,1-3,5-6,13H2,(H,22,24)(H,23,25). The van der Waals surface area contributed by atoms with Crippen molar-refractivity contribution in [1.82, 2.24) is 10.6 Å². The van der Waals surface area contributed by atoms with E-state index in [4.69, 9.17) is 0 Å². The number of thiophene rings is 1. The first-order valence-corrected chi connectivity index (χ1v) is 11.9. The molecule has 1 atom stereocenters. The Balaban J connectivity index is 1.70. The summed E-state index contributed by atoms with van der Waals surface area (Å²) in [6, 6.07) is 7.91. The summed E-state index contributed by atoms with van der Waals surface area (Å²) in [5, 5.41) is 5.83. The van der Waals surface area contributed by atoms with Gasteiger partial charge in [0.2, 0.25) is 0 Å². The summed E-state index contributed by atoms with van der Waals surface area (Å²) in [6.07, 6.45) is 4.85. The Hall–Kier alpha value is -2.26. The quantitative estimate of drug-likeness (QED) is 0.536. The predicted molar refractivity (Wildman–Crippen MR) is 109 cm³/mol. The minimum atomic E-state index is -3.89. The molecule has 29 heavy (non-hydrogen) atoms. The maximum Gasteiger partial charge on any atom is 0.309 e. The minimum absolute atomic E-state index is 0.0157. The SMILES string of the molecule is O=C(NCC(c1cccs1)S(=O)(=O)c1ccc(F)cc1)C(=O)NC1CCCCC1. The van der Waals surface area contributed by atoms with Gasteiger partial charge < -0.3 is 10.6 Å². The summed E-state index contributed by atoms with van der Waals surface area (Å²) in [5.74, 6) is -2.14. The number of hydrogen-bond donors (Lipinski definition) is 2. The maximum atomic E-state index is 13.2. The molecule has 1 saturated carbocycles. The Bertz CT molecular complexity index is 937. The van der Waals surface area contributed by atoms with Crippen LogP contribution in [0.5, 0.6) is 0 Å². The third-order valence-electron chi connectivity index (χ3n) is 4.97. The van der Waals surface area contributed by atoms with Gasteiger partial charge in [0.1, 0.15) is 11.1 Å². The highest BCUT2D eigenvalue weighted by Crippen LogP contribution is 2.31. The van der Waals surface area contributed by atoms with Gasteiger partial charge >= 0.3 is 11.8 Å². The van der Waals surface area contributed by atoms with Crippen molar-refractivity contribution < 1.29 is 22.4 Å². The van der Waals surface area contributed by atoms with Gasteiger partial charge in [-0.2, -0.15) is 0 Å². The molecule has 0 aliphatic heterocycles. The third-order valence-corrected chi connectivity index (χ3v) is 8.21. The van der Waals surface area contributed by atoms with E-state index >= 15 is 0 Å². The van der Waals surface area contributed by atoms with E-state index in [9.17, 15) is 22.4 Å². The summed E-state index contributed by atoms with van der Waals surface area (Å²) in [6.45, 7) is -0.253. The van der Waals surface area contributed by atoms with Crippen LogP contribution in [0.4, 0.5) is 4.39 Å². The second-order valence-corrected chi connectivity index (χ2v) is 10.1. The molecule has 1 aromatic heterocycles. The first kappa shape index (κ1) is 21.4. The molecule has 0 radical (unpaired) electrons. The smallest absolute Gasteiger partial charge is 0.309 e. The Morgan fingerprint density at radius 3 is 2.38 bits per heavy atom. The Morgan fingerprint density at radius 2 is 1.76 bits per heavy atom. The second-order valence-electron chi connectivity index (χ2n) is 7.02. The van der Waals surface area contributed by atoms with E-state index < -0.39 is 32.7 Å². The lowest BCUT2D eigenvalue weighted by molar-refractivity contribution is -0.139. The summed E-state index contributed by atoms with van der Waals surface area (Å²) in [5.41, 5.74) is 0. The molecule has 3 rings (SSSR count). The highest BCUT2D eigenvalue weighted by Gasteiger charge is 2.31. The number of benzene rings is 1. The van der Waals surface area contributed by atoms with Crippen LogP contribution in [0.1, 0.15) is 42.2 Å². The molecule has 1 fully saturated rings. The van der Waals surface area contributed by atoms with Gasteiger partial charge in [0.05, 0.1) is 4.90 Å². The normalized spacial score (nSPS) is 16.2.